The van der Waals surface area contributed by atoms with Crippen LogP contribution in [-0.4, -0.2) is 27.6 Å². The van der Waals surface area contributed by atoms with E-state index in [1.807, 2.05) is 31.2 Å². The molecule has 138 valence electrons. The summed E-state index contributed by atoms with van der Waals surface area (Å²) in [5.41, 5.74) is 0.266. The summed E-state index contributed by atoms with van der Waals surface area (Å²) >= 11 is 0. The van der Waals surface area contributed by atoms with Crippen LogP contribution in [0.25, 0.3) is 6.08 Å². The van der Waals surface area contributed by atoms with Crippen LogP contribution in [0.15, 0.2) is 30.6 Å². The average Bonchev–Trinajstić information content (AvgIpc) is 2.52. The average molecular weight is 347 g/mol. The standard InChI is InChI=1S/C20H29NO4/c1-5-6-11-16(18(22)23)17(19(24)25-20(2,3)4)12-7-9-15-10-8-13-21-14-15/h7-10,13-14,16-17H,5-6,11-12H2,1-4H3,(H,22,23)/b9-7+/t16-,17?/m1/s1. The lowest BCUT2D eigenvalue weighted by Gasteiger charge is -2.26. The van der Waals surface area contributed by atoms with Crippen LogP contribution in [0.1, 0.15) is 58.9 Å². The lowest BCUT2D eigenvalue weighted by molar-refractivity contribution is -0.166. The maximum absolute atomic E-state index is 12.6. The first-order valence-electron chi connectivity index (χ1n) is 8.77. The number of pyridine rings is 1. The van der Waals surface area contributed by atoms with E-state index in [-0.39, 0.29) is 0 Å². The van der Waals surface area contributed by atoms with E-state index in [9.17, 15) is 14.7 Å². The summed E-state index contributed by atoms with van der Waals surface area (Å²) in [6.07, 6.45) is 9.52. The van der Waals surface area contributed by atoms with Gasteiger partial charge in [0.1, 0.15) is 5.60 Å². The molecule has 1 unspecified atom stereocenters. The van der Waals surface area contributed by atoms with Gasteiger partial charge in [-0.2, -0.15) is 0 Å². The van der Waals surface area contributed by atoms with Crippen molar-refractivity contribution in [2.24, 2.45) is 11.8 Å². The molecule has 5 heteroatoms. The van der Waals surface area contributed by atoms with Gasteiger partial charge in [-0.05, 0) is 45.2 Å². The van der Waals surface area contributed by atoms with Crippen molar-refractivity contribution >= 4 is 18.0 Å². The van der Waals surface area contributed by atoms with E-state index in [4.69, 9.17) is 4.74 Å². The maximum atomic E-state index is 12.6. The number of hydrogen-bond donors (Lipinski definition) is 1. The largest absolute Gasteiger partial charge is 0.481 e. The normalized spacial score (nSPS) is 14.2. The highest BCUT2D eigenvalue weighted by Crippen LogP contribution is 2.26. The summed E-state index contributed by atoms with van der Waals surface area (Å²) in [7, 11) is 0. The molecule has 0 saturated heterocycles. The Morgan fingerprint density at radius 1 is 1.32 bits per heavy atom. The molecule has 2 atom stereocenters. The number of carbonyl (C=O) groups is 2. The lowest BCUT2D eigenvalue weighted by atomic mass is 9.85. The van der Waals surface area contributed by atoms with Crippen LogP contribution >= 0.6 is 0 Å². The predicted molar refractivity (Wildman–Crippen MR) is 97.9 cm³/mol. The molecule has 0 spiro atoms. The Kier molecular flexibility index (Phi) is 8.32. The van der Waals surface area contributed by atoms with Crippen LogP contribution in [0.5, 0.6) is 0 Å². The van der Waals surface area contributed by atoms with Gasteiger partial charge in [-0.15, -0.1) is 0 Å². The number of carboxylic acid groups (broad SMARTS) is 1. The van der Waals surface area contributed by atoms with Crippen molar-refractivity contribution in [1.82, 2.24) is 4.98 Å². The highest BCUT2D eigenvalue weighted by Gasteiger charge is 2.35. The van der Waals surface area contributed by atoms with Crippen molar-refractivity contribution in [3.05, 3.63) is 36.2 Å². The summed E-state index contributed by atoms with van der Waals surface area (Å²) in [6, 6.07) is 3.73. The molecule has 1 heterocycles. The molecule has 1 rings (SSSR count). The smallest absolute Gasteiger partial charge is 0.310 e. The van der Waals surface area contributed by atoms with Gasteiger partial charge >= 0.3 is 11.9 Å². The molecule has 0 aliphatic heterocycles. The number of hydrogen-bond acceptors (Lipinski definition) is 4. The van der Waals surface area contributed by atoms with Crippen LogP contribution in [-0.2, 0) is 14.3 Å². The van der Waals surface area contributed by atoms with Crippen molar-refractivity contribution in [3.8, 4) is 0 Å². The SMILES string of the molecule is CCCC[C@@H](C(=O)O)C(C/C=C/c1cccnc1)C(=O)OC(C)(C)C. The number of nitrogens with zero attached hydrogens (tertiary/aromatic N) is 1. The molecular formula is C20H29NO4. The highest BCUT2D eigenvalue weighted by atomic mass is 16.6. The number of unbranched alkanes of at least 4 members (excludes halogenated alkanes) is 1. The topological polar surface area (TPSA) is 76.5 Å². The summed E-state index contributed by atoms with van der Waals surface area (Å²) in [5.74, 6) is -2.84. The minimum atomic E-state index is -0.945. The monoisotopic (exact) mass is 347 g/mol. The van der Waals surface area contributed by atoms with Crippen molar-refractivity contribution < 1.29 is 19.4 Å². The fourth-order valence-electron chi connectivity index (χ4n) is 2.55. The summed E-state index contributed by atoms with van der Waals surface area (Å²) in [5, 5.41) is 9.59. The molecule has 0 amide bonds. The fraction of sp³-hybridized carbons (Fsp3) is 0.550. The van der Waals surface area contributed by atoms with Gasteiger partial charge in [-0.1, -0.05) is 38.0 Å². The number of carbonyl (C=O) groups excluding carboxylic acids is 1. The molecule has 25 heavy (non-hydrogen) atoms. The minimum absolute atomic E-state index is 0.324. The summed E-state index contributed by atoms with van der Waals surface area (Å²) < 4.78 is 5.47. The van der Waals surface area contributed by atoms with Gasteiger partial charge in [0.2, 0.25) is 0 Å². The van der Waals surface area contributed by atoms with E-state index in [0.717, 1.165) is 18.4 Å². The van der Waals surface area contributed by atoms with E-state index >= 15 is 0 Å². The van der Waals surface area contributed by atoms with Crippen LogP contribution in [0, 0.1) is 11.8 Å². The van der Waals surface area contributed by atoms with Crippen molar-refractivity contribution in [2.75, 3.05) is 0 Å². The van der Waals surface area contributed by atoms with E-state index in [1.54, 1.807) is 33.2 Å². The Labute approximate surface area is 150 Å². The van der Waals surface area contributed by atoms with Gasteiger partial charge in [0.25, 0.3) is 0 Å². The quantitative estimate of drug-likeness (QED) is 0.673. The van der Waals surface area contributed by atoms with Gasteiger partial charge < -0.3 is 9.84 Å². The van der Waals surface area contributed by atoms with Gasteiger partial charge in [0.05, 0.1) is 11.8 Å². The van der Waals surface area contributed by atoms with E-state index in [0.29, 0.717) is 12.8 Å². The third-order valence-corrected chi connectivity index (χ3v) is 3.77. The van der Waals surface area contributed by atoms with Crippen molar-refractivity contribution in [3.63, 3.8) is 0 Å². The third-order valence-electron chi connectivity index (χ3n) is 3.77. The second-order valence-electron chi connectivity index (χ2n) is 7.15. The Morgan fingerprint density at radius 2 is 2.04 bits per heavy atom. The van der Waals surface area contributed by atoms with Gasteiger partial charge in [-0.25, -0.2) is 0 Å². The van der Waals surface area contributed by atoms with Crippen molar-refractivity contribution in [2.45, 2.75) is 59.0 Å². The molecule has 0 aliphatic rings. The van der Waals surface area contributed by atoms with Crippen LogP contribution < -0.4 is 0 Å². The Morgan fingerprint density at radius 3 is 2.56 bits per heavy atom. The second-order valence-corrected chi connectivity index (χ2v) is 7.15. The first-order valence-corrected chi connectivity index (χ1v) is 8.77. The number of rotatable bonds is 9. The molecule has 1 N–H and O–H groups in total. The molecule has 1 aromatic heterocycles. The van der Waals surface area contributed by atoms with Gasteiger partial charge in [-0.3, -0.25) is 14.6 Å². The minimum Gasteiger partial charge on any atom is -0.481 e. The Hall–Kier alpha value is -2.17. The van der Waals surface area contributed by atoms with E-state index in [2.05, 4.69) is 4.98 Å². The second kappa shape index (κ2) is 9.97. The zero-order valence-corrected chi connectivity index (χ0v) is 15.6. The number of carboxylic acids is 1. The van der Waals surface area contributed by atoms with Crippen LogP contribution in [0.3, 0.4) is 0 Å². The molecule has 0 radical (unpaired) electrons. The summed E-state index contributed by atoms with van der Waals surface area (Å²) in [6.45, 7) is 7.36. The Bertz CT molecular complexity index is 575. The maximum Gasteiger partial charge on any atom is 0.310 e. The number of allylic oxidation sites excluding steroid dienone is 1. The highest BCUT2D eigenvalue weighted by molar-refractivity contribution is 5.81. The molecule has 0 fully saturated rings. The molecule has 0 aromatic carbocycles. The molecule has 0 aliphatic carbocycles. The van der Waals surface area contributed by atoms with E-state index in [1.165, 1.54) is 0 Å². The Balaban J connectivity index is 2.94. The third kappa shape index (κ3) is 7.96. The van der Waals surface area contributed by atoms with Crippen molar-refractivity contribution in [1.29, 1.82) is 0 Å². The zero-order valence-electron chi connectivity index (χ0n) is 15.6. The fourth-order valence-corrected chi connectivity index (χ4v) is 2.55. The number of ether oxygens (including phenoxy) is 1. The predicted octanol–water partition coefficient (Wildman–Crippen LogP) is 4.33. The molecule has 5 nitrogen and oxygen atoms in total. The first kappa shape index (κ1) is 20.9. The lowest BCUT2D eigenvalue weighted by Crippen LogP contribution is -2.35. The first-order chi connectivity index (χ1) is 11.7. The van der Waals surface area contributed by atoms with Gasteiger partial charge in [0.15, 0.2) is 0 Å². The molecule has 1 aromatic rings. The number of esters is 1. The molecular weight excluding hydrogens is 318 g/mol. The molecule has 0 bridgehead atoms. The molecule has 0 saturated carbocycles. The van der Waals surface area contributed by atoms with Crippen LogP contribution in [0.2, 0.25) is 0 Å². The van der Waals surface area contributed by atoms with Gasteiger partial charge in [0, 0.05) is 12.4 Å². The zero-order chi connectivity index (χ0) is 18.9. The summed E-state index contributed by atoms with van der Waals surface area (Å²) in [4.78, 5) is 28.3. The van der Waals surface area contributed by atoms with Crippen LogP contribution in [0.4, 0.5) is 0 Å². The number of aliphatic carboxylic acids is 1. The number of aromatic nitrogens is 1. The van der Waals surface area contributed by atoms with E-state index < -0.39 is 29.4 Å².